The van der Waals surface area contributed by atoms with Crippen molar-refractivity contribution in [1.29, 1.82) is 0 Å². The molecular formula is C4H6N2O4. The summed E-state index contributed by atoms with van der Waals surface area (Å²) >= 11 is 0. The molecule has 0 rings (SSSR count). The number of hydrogen-bond donors (Lipinski definition) is 3. The van der Waals surface area contributed by atoms with Crippen molar-refractivity contribution < 1.29 is 19.5 Å². The summed E-state index contributed by atoms with van der Waals surface area (Å²) in [5, 5.41) is 7.93. The predicted octanol–water partition coefficient (Wildman–Crippen LogP) is -1.76. The number of aliphatic carboxylic acids is 1. The van der Waals surface area contributed by atoms with E-state index in [0.29, 0.717) is 0 Å². The molecule has 6 nitrogen and oxygen atoms in total. The molecule has 0 unspecified atom stereocenters. The largest absolute Gasteiger partial charge is 0.474 e. The van der Waals surface area contributed by atoms with Gasteiger partial charge in [0.05, 0.1) is 0 Å². The van der Waals surface area contributed by atoms with Gasteiger partial charge < -0.3 is 5.11 Å². The third-order valence-corrected chi connectivity index (χ3v) is 0.546. The van der Waals surface area contributed by atoms with Crippen molar-refractivity contribution in [2.75, 3.05) is 0 Å². The van der Waals surface area contributed by atoms with Crippen LogP contribution in [0.2, 0.25) is 0 Å². The summed E-state index contributed by atoms with van der Waals surface area (Å²) in [7, 11) is 0. The molecule has 0 aliphatic heterocycles. The maximum absolute atomic E-state index is 10.1. The Balaban J connectivity index is 3.60. The summed E-state index contributed by atoms with van der Waals surface area (Å²) in [6, 6.07) is 0. The lowest BCUT2D eigenvalue weighted by Crippen LogP contribution is -2.43. The minimum Gasteiger partial charge on any atom is -0.474 e. The molecule has 0 saturated heterocycles. The van der Waals surface area contributed by atoms with Crippen LogP contribution >= 0.6 is 0 Å². The van der Waals surface area contributed by atoms with Crippen molar-refractivity contribution in [3.05, 3.63) is 0 Å². The highest BCUT2D eigenvalue weighted by molar-refractivity contribution is 6.31. The summed E-state index contributed by atoms with van der Waals surface area (Å²) in [4.78, 5) is 29.9. The number of nitrogens with one attached hydrogen (secondary N) is 2. The van der Waals surface area contributed by atoms with Crippen LogP contribution in [0.1, 0.15) is 6.92 Å². The first-order chi connectivity index (χ1) is 4.54. The van der Waals surface area contributed by atoms with Crippen LogP contribution < -0.4 is 10.9 Å². The number of rotatable bonds is 0. The van der Waals surface area contributed by atoms with Gasteiger partial charge in [-0.1, -0.05) is 0 Å². The van der Waals surface area contributed by atoms with E-state index in [0.717, 1.165) is 6.92 Å². The number of amides is 2. The Hall–Kier alpha value is -1.59. The Bertz CT molecular complexity index is 176. The van der Waals surface area contributed by atoms with Crippen molar-refractivity contribution in [3.8, 4) is 0 Å². The van der Waals surface area contributed by atoms with E-state index in [1.807, 2.05) is 5.43 Å². The standard InChI is InChI=1S/C4H6N2O4/c1-2(7)5-6-3(8)4(9)10/h1H3,(H,5,7)(H,6,8)(H,9,10). The molecule has 10 heavy (non-hydrogen) atoms. The summed E-state index contributed by atoms with van der Waals surface area (Å²) in [6.07, 6.45) is 0. The molecule has 3 N–H and O–H groups in total. The molecule has 0 aliphatic carbocycles. The lowest BCUT2D eigenvalue weighted by atomic mass is 10.6. The topological polar surface area (TPSA) is 95.5 Å². The lowest BCUT2D eigenvalue weighted by molar-refractivity contribution is -0.151. The molecule has 0 fully saturated rings. The molecule has 0 radical (unpaired) electrons. The molecule has 0 saturated carbocycles. The van der Waals surface area contributed by atoms with Crippen LogP contribution in [-0.4, -0.2) is 22.9 Å². The number of hydrogen-bond acceptors (Lipinski definition) is 3. The fourth-order valence-electron chi connectivity index (χ4n) is 0.198. The van der Waals surface area contributed by atoms with Crippen molar-refractivity contribution in [3.63, 3.8) is 0 Å². The number of carboxylic acids is 1. The third-order valence-electron chi connectivity index (χ3n) is 0.546. The minimum absolute atomic E-state index is 0.533. The molecule has 0 spiro atoms. The monoisotopic (exact) mass is 146 g/mol. The van der Waals surface area contributed by atoms with E-state index in [9.17, 15) is 14.4 Å². The van der Waals surface area contributed by atoms with Gasteiger partial charge in [0.25, 0.3) is 0 Å². The van der Waals surface area contributed by atoms with E-state index in [2.05, 4.69) is 0 Å². The second kappa shape index (κ2) is 3.44. The molecule has 0 aromatic heterocycles. The second-order valence-corrected chi connectivity index (χ2v) is 1.44. The predicted molar refractivity (Wildman–Crippen MR) is 29.6 cm³/mol. The smallest absolute Gasteiger partial charge is 0.396 e. The summed E-state index contributed by atoms with van der Waals surface area (Å²) in [5.41, 5.74) is 3.45. The average molecular weight is 146 g/mol. The zero-order valence-corrected chi connectivity index (χ0v) is 5.17. The van der Waals surface area contributed by atoms with Gasteiger partial charge in [-0.25, -0.2) is 4.79 Å². The first-order valence-corrected chi connectivity index (χ1v) is 2.34. The quantitative estimate of drug-likeness (QED) is 0.278. The van der Waals surface area contributed by atoms with E-state index in [-0.39, 0.29) is 0 Å². The van der Waals surface area contributed by atoms with Crippen LogP contribution in [0.5, 0.6) is 0 Å². The zero-order chi connectivity index (χ0) is 8.15. The van der Waals surface area contributed by atoms with Crippen LogP contribution in [-0.2, 0) is 14.4 Å². The average Bonchev–Trinajstić information content (AvgIpc) is 1.82. The van der Waals surface area contributed by atoms with Crippen LogP contribution in [0.3, 0.4) is 0 Å². The van der Waals surface area contributed by atoms with E-state index < -0.39 is 17.8 Å². The minimum atomic E-state index is -1.64. The normalized spacial score (nSPS) is 8.10. The Labute approximate surface area is 56.2 Å². The van der Waals surface area contributed by atoms with Gasteiger partial charge in [0.1, 0.15) is 0 Å². The molecule has 0 heterocycles. The van der Waals surface area contributed by atoms with Crippen molar-refractivity contribution in [2.45, 2.75) is 6.92 Å². The fraction of sp³-hybridized carbons (Fsp3) is 0.250. The molecule has 0 aromatic carbocycles. The van der Waals surface area contributed by atoms with Gasteiger partial charge in [-0.15, -0.1) is 0 Å². The van der Waals surface area contributed by atoms with Crippen molar-refractivity contribution >= 4 is 17.8 Å². The van der Waals surface area contributed by atoms with Crippen LogP contribution in [0.4, 0.5) is 0 Å². The molecule has 0 aliphatic rings. The van der Waals surface area contributed by atoms with Gasteiger partial charge in [-0.05, 0) is 0 Å². The van der Waals surface area contributed by atoms with E-state index in [1.54, 1.807) is 5.43 Å². The van der Waals surface area contributed by atoms with Gasteiger partial charge in [-0.2, -0.15) is 0 Å². The van der Waals surface area contributed by atoms with Gasteiger partial charge in [0.15, 0.2) is 0 Å². The van der Waals surface area contributed by atoms with Gasteiger partial charge in [-0.3, -0.25) is 20.4 Å². The van der Waals surface area contributed by atoms with Gasteiger partial charge >= 0.3 is 11.9 Å². The van der Waals surface area contributed by atoms with Gasteiger partial charge in [0.2, 0.25) is 5.91 Å². The van der Waals surface area contributed by atoms with E-state index in [4.69, 9.17) is 5.11 Å². The molecule has 6 heteroatoms. The Morgan fingerprint density at radius 1 is 1.20 bits per heavy atom. The van der Waals surface area contributed by atoms with Crippen molar-refractivity contribution in [2.24, 2.45) is 0 Å². The first-order valence-electron chi connectivity index (χ1n) is 2.34. The van der Waals surface area contributed by atoms with Crippen LogP contribution in [0, 0.1) is 0 Å². The maximum Gasteiger partial charge on any atom is 0.396 e. The summed E-state index contributed by atoms with van der Waals surface area (Å²) in [6.45, 7) is 1.14. The van der Waals surface area contributed by atoms with Crippen LogP contribution in [0.25, 0.3) is 0 Å². The molecular weight excluding hydrogens is 140 g/mol. The molecule has 0 aromatic rings. The molecule has 56 valence electrons. The van der Waals surface area contributed by atoms with Crippen LogP contribution in [0.15, 0.2) is 0 Å². The number of carbonyl (C=O) groups is 3. The Kier molecular flexibility index (Phi) is 2.89. The molecule has 0 bridgehead atoms. The zero-order valence-electron chi connectivity index (χ0n) is 5.17. The Morgan fingerprint density at radius 3 is 2.00 bits per heavy atom. The SMILES string of the molecule is CC(=O)NNC(=O)C(=O)O. The number of carboxylic acid groups (broad SMARTS) is 1. The number of carbonyl (C=O) groups excluding carboxylic acids is 2. The lowest BCUT2D eigenvalue weighted by Gasteiger charge is -1.98. The first kappa shape index (κ1) is 8.41. The third kappa shape index (κ3) is 3.42. The second-order valence-electron chi connectivity index (χ2n) is 1.44. The molecule has 2 amide bonds. The molecule has 0 atom stereocenters. The highest BCUT2D eigenvalue weighted by Crippen LogP contribution is 1.61. The van der Waals surface area contributed by atoms with E-state index >= 15 is 0 Å². The summed E-state index contributed by atoms with van der Waals surface area (Å²) < 4.78 is 0. The fourth-order valence-corrected chi connectivity index (χ4v) is 0.198. The van der Waals surface area contributed by atoms with E-state index in [1.165, 1.54) is 0 Å². The number of hydrazine groups is 1. The Morgan fingerprint density at radius 2 is 1.70 bits per heavy atom. The highest BCUT2D eigenvalue weighted by atomic mass is 16.4. The maximum atomic E-state index is 10.1. The summed E-state index contributed by atoms with van der Waals surface area (Å²) in [5.74, 6) is -3.45. The van der Waals surface area contributed by atoms with Gasteiger partial charge in [0, 0.05) is 6.92 Å². The van der Waals surface area contributed by atoms with Crippen molar-refractivity contribution in [1.82, 2.24) is 10.9 Å². The highest BCUT2D eigenvalue weighted by Gasteiger charge is 2.09.